The van der Waals surface area contributed by atoms with E-state index in [9.17, 15) is 13.2 Å². The molecule has 1 amide bonds. The summed E-state index contributed by atoms with van der Waals surface area (Å²) in [6.45, 7) is 2.51. The van der Waals surface area contributed by atoms with Crippen LogP contribution in [0.1, 0.15) is 18.4 Å². The normalized spacial score (nSPS) is 17.4. The maximum absolute atomic E-state index is 13.3. The van der Waals surface area contributed by atoms with Gasteiger partial charge >= 0.3 is 0 Å². The molecule has 1 saturated heterocycles. The van der Waals surface area contributed by atoms with E-state index in [0.29, 0.717) is 30.8 Å². The summed E-state index contributed by atoms with van der Waals surface area (Å²) in [4.78, 5) is 13.2. The highest BCUT2D eigenvalue weighted by molar-refractivity contribution is 7.89. The number of hydrogen-bond donors (Lipinski definition) is 1. The number of nitrogens with one attached hydrogen (secondary N) is 1. The van der Waals surface area contributed by atoms with Crippen molar-refractivity contribution >= 4 is 32.4 Å². The van der Waals surface area contributed by atoms with Crippen molar-refractivity contribution in [2.45, 2.75) is 24.7 Å². The third-order valence-corrected chi connectivity index (χ3v) is 7.59. The monoisotopic (exact) mass is 438 g/mol. The van der Waals surface area contributed by atoms with Gasteiger partial charge in [-0.15, -0.1) is 0 Å². The lowest BCUT2D eigenvalue weighted by atomic mass is 9.98. The first-order valence-electron chi connectivity index (χ1n) is 10.3. The standard InChI is InChI=1S/C24H26N2O4S/c1-17-9-12-23(30-2)22(14-17)25-24(27)20-8-5-13-26(16-20)31(28,29)21-11-10-18-6-3-4-7-19(18)15-21/h3-4,6-7,9-12,14-15,20H,5,8,13,16H2,1-2H3,(H,25,27)/t20-/m0/s1. The van der Waals surface area contributed by atoms with E-state index >= 15 is 0 Å². The van der Waals surface area contributed by atoms with Gasteiger partial charge in [0.05, 0.1) is 23.6 Å². The topological polar surface area (TPSA) is 75.7 Å². The summed E-state index contributed by atoms with van der Waals surface area (Å²) in [6, 6.07) is 18.4. The van der Waals surface area contributed by atoms with Crippen molar-refractivity contribution in [1.29, 1.82) is 0 Å². The predicted molar refractivity (Wildman–Crippen MR) is 122 cm³/mol. The Bertz CT molecular complexity index is 1220. The molecular weight excluding hydrogens is 412 g/mol. The molecule has 1 aliphatic rings. The van der Waals surface area contributed by atoms with Crippen LogP contribution in [0.15, 0.2) is 65.6 Å². The number of carbonyl (C=O) groups excluding carboxylic acids is 1. The van der Waals surface area contributed by atoms with Crippen LogP contribution in [0.2, 0.25) is 0 Å². The number of sulfonamides is 1. The van der Waals surface area contributed by atoms with Crippen LogP contribution in [0.3, 0.4) is 0 Å². The number of fused-ring (bicyclic) bond motifs is 1. The average Bonchev–Trinajstić information content (AvgIpc) is 2.79. The number of nitrogens with zero attached hydrogens (tertiary/aromatic N) is 1. The minimum atomic E-state index is -3.68. The summed E-state index contributed by atoms with van der Waals surface area (Å²) in [5.74, 6) is -0.0353. The van der Waals surface area contributed by atoms with Crippen molar-refractivity contribution in [3.05, 3.63) is 66.2 Å². The molecule has 1 aliphatic heterocycles. The molecule has 6 nitrogen and oxygen atoms in total. The van der Waals surface area contributed by atoms with Crippen LogP contribution < -0.4 is 10.1 Å². The van der Waals surface area contributed by atoms with Gasteiger partial charge in [-0.25, -0.2) is 8.42 Å². The van der Waals surface area contributed by atoms with Crippen LogP contribution in [0.4, 0.5) is 5.69 Å². The predicted octanol–water partition coefficient (Wildman–Crippen LogP) is 4.20. The lowest BCUT2D eigenvalue weighted by Crippen LogP contribution is -2.43. The van der Waals surface area contributed by atoms with Gasteiger partial charge in [-0.3, -0.25) is 4.79 Å². The van der Waals surface area contributed by atoms with E-state index in [0.717, 1.165) is 16.3 Å². The molecule has 3 aromatic carbocycles. The van der Waals surface area contributed by atoms with E-state index in [1.165, 1.54) is 4.31 Å². The van der Waals surface area contributed by atoms with Gasteiger partial charge in [-0.05, 0) is 60.4 Å². The maximum Gasteiger partial charge on any atom is 0.243 e. The van der Waals surface area contributed by atoms with Gasteiger partial charge in [0.15, 0.2) is 0 Å². The van der Waals surface area contributed by atoms with Gasteiger partial charge < -0.3 is 10.1 Å². The second-order valence-corrected chi connectivity index (χ2v) is 9.84. The van der Waals surface area contributed by atoms with Crippen molar-refractivity contribution in [1.82, 2.24) is 4.31 Å². The quantitative estimate of drug-likeness (QED) is 0.648. The molecule has 162 valence electrons. The third kappa shape index (κ3) is 4.43. The van der Waals surface area contributed by atoms with Crippen molar-refractivity contribution in [2.24, 2.45) is 5.92 Å². The Morgan fingerprint density at radius 2 is 1.84 bits per heavy atom. The molecule has 1 N–H and O–H groups in total. The Labute approximate surface area is 182 Å². The van der Waals surface area contributed by atoms with Crippen LogP contribution in [0.25, 0.3) is 10.8 Å². The Hall–Kier alpha value is -2.90. The molecule has 0 aliphatic carbocycles. The fourth-order valence-electron chi connectivity index (χ4n) is 4.01. The summed E-state index contributed by atoms with van der Waals surface area (Å²) in [5.41, 5.74) is 1.60. The molecule has 3 aromatic rings. The molecular formula is C24H26N2O4S. The highest BCUT2D eigenvalue weighted by Gasteiger charge is 2.33. The largest absolute Gasteiger partial charge is 0.495 e. The van der Waals surface area contributed by atoms with Crippen LogP contribution >= 0.6 is 0 Å². The smallest absolute Gasteiger partial charge is 0.243 e. The highest BCUT2D eigenvalue weighted by atomic mass is 32.2. The molecule has 1 heterocycles. The van der Waals surface area contributed by atoms with Crippen LogP contribution in [0.5, 0.6) is 5.75 Å². The Kier molecular flexibility index (Phi) is 5.98. The van der Waals surface area contributed by atoms with Crippen molar-refractivity contribution in [3.63, 3.8) is 0 Å². The van der Waals surface area contributed by atoms with Crippen molar-refractivity contribution in [2.75, 3.05) is 25.5 Å². The van der Waals surface area contributed by atoms with E-state index in [2.05, 4.69) is 5.32 Å². The van der Waals surface area contributed by atoms with Gasteiger partial charge in [0.25, 0.3) is 0 Å². The summed E-state index contributed by atoms with van der Waals surface area (Å²) in [7, 11) is -2.13. The summed E-state index contributed by atoms with van der Waals surface area (Å²) in [6.07, 6.45) is 1.28. The second kappa shape index (κ2) is 8.69. The summed E-state index contributed by atoms with van der Waals surface area (Å²) in [5, 5.41) is 4.79. The summed E-state index contributed by atoms with van der Waals surface area (Å²) < 4.78 is 33.3. The highest BCUT2D eigenvalue weighted by Crippen LogP contribution is 2.29. The van der Waals surface area contributed by atoms with E-state index in [1.54, 1.807) is 19.2 Å². The number of anilines is 1. The zero-order valence-corrected chi connectivity index (χ0v) is 18.5. The fraction of sp³-hybridized carbons (Fsp3) is 0.292. The molecule has 7 heteroatoms. The van der Waals surface area contributed by atoms with E-state index < -0.39 is 15.9 Å². The molecule has 1 atom stereocenters. The number of amides is 1. The number of rotatable bonds is 5. The second-order valence-electron chi connectivity index (χ2n) is 7.90. The molecule has 1 fully saturated rings. The van der Waals surface area contributed by atoms with Gasteiger partial charge in [-0.2, -0.15) is 4.31 Å². The number of aryl methyl sites for hydroxylation is 1. The van der Waals surface area contributed by atoms with Gasteiger partial charge in [-0.1, -0.05) is 36.4 Å². The number of benzene rings is 3. The van der Waals surface area contributed by atoms with Crippen LogP contribution in [-0.2, 0) is 14.8 Å². The SMILES string of the molecule is COc1ccc(C)cc1NC(=O)[C@H]1CCCN(S(=O)(=O)c2ccc3ccccc3c2)C1. The van der Waals surface area contributed by atoms with Crippen molar-refractivity contribution in [3.8, 4) is 5.75 Å². The van der Waals surface area contributed by atoms with Gasteiger partial charge in [0, 0.05) is 13.1 Å². The van der Waals surface area contributed by atoms with Crippen LogP contribution in [0, 0.1) is 12.8 Å². The lowest BCUT2D eigenvalue weighted by Gasteiger charge is -2.31. The maximum atomic E-state index is 13.3. The molecule has 0 aromatic heterocycles. The number of carbonyl (C=O) groups is 1. The Morgan fingerprint density at radius 1 is 1.06 bits per heavy atom. The van der Waals surface area contributed by atoms with Gasteiger partial charge in [0.1, 0.15) is 5.75 Å². The minimum Gasteiger partial charge on any atom is -0.495 e. The third-order valence-electron chi connectivity index (χ3n) is 5.73. The molecule has 4 rings (SSSR count). The summed E-state index contributed by atoms with van der Waals surface area (Å²) >= 11 is 0. The Morgan fingerprint density at radius 3 is 2.61 bits per heavy atom. The molecule has 0 spiro atoms. The number of ether oxygens (including phenoxy) is 1. The molecule has 0 saturated carbocycles. The molecule has 0 radical (unpaired) electrons. The lowest BCUT2D eigenvalue weighted by molar-refractivity contribution is -0.120. The first-order chi connectivity index (χ1) is 14.9. The molecule has 31 heavy (non-hydrogen) atoms. The fourth-order valence-corrected chi connectivity index (χ4v) is 5.57. The number of methoxy groups -OCH3 is 1. The first-order valence-corrected chi connectivity index (χ1v) is 11.8. The minimum absolute atomic E-state index is 0.162. The van der Waals surface area contributed by atoms with Crippen molar-refractivity contribution < 1.29 is 17.9 Å². The zero-order valence-electron chi connectivity index (χ0n) is 17.7. The van der Waals surface area contributed by atoms with E-state index in [1.807, 2.05) is 55.5 Å². The first kappa shape index (κ1) is 21.3. The number of piperidine rings is 1. The molecule has 0 unspecified atom stereocenters. The van der Waals surface area contributed by atoms with Crippen LogP contribution in [-0.4, -0.2) is 38.8 Å². The van der Waals surface area contributed by atoms with E-state index in [4.69, 9.17) is 4.74 Å². The van der Waals surface area contributed by atoms with E-state index in [-0.39, 0.29) is 17.3 Å². The molecule has 0 bridgehead atoms. The zero-order chi connectivity index (χ0) is 22.0. The van der Waals surface area contributed by atoms with Gasteiger partial charge in [0.2, 0.25) is 15.9 Å². The number of hydrogen-bond acceptors (Lipinski definition) is 4. The average molecular weight is 439 g/mol. The Balaban J connectivity index is 1.53.